The van der Waals surface area contributed by atoms with Crippen molar-refractivity contribution >= 4 is 39.6 Å². The first-order valence-corrected chi connectivity index (χ1v) is 10.3. The Balaban J connectivity index is 1.72. The van der Waals surface area contributed by atoms with E-state index in [0.717, 1.165) is 12.3 Å². The maximum Gasteiger partial charge on any atom is 0.210 e. The van der Waals surface area contributed by atoms with Crippen molar-refractivity contribution in [3.63, 3.8) is 0 Å². The number of aromatic nitrogens is 1. The van der Waals surface area contributed by atoms with Gasteiger partial charge in [-0.15, -0.1) is 11.3 Å². The molecule has 0 saturated carbocycles. The number of rotatable bonds is 4. The summed E-state index contributed by atoms with van der Waals surface area (Å²) in [5.41, 5.74) is 3.62. The van der Waals surface area contributed by atoms with E-state index in [0.29, 0.717) is 0 Å². The number of hydrogen-bond acceptors (Lipinski definition) is 3. The lowest BCUT2D eigenvalue weighted by Gasteiger charge is -2.22. The molecule has 0 aliphatic carbocycles. The van der Waals surface area contributed by atoms with E-state index in [9.17, 15) is 0 Å². The summed E-state index contributed by atoms with van der Waals surface area (Å²) in [4.78, 5) is 5.68. The largest absolute Gasteiger partial charge is 0.449 e. The molecular formula is C24H21N2OS+. The summed E-state index contributed by atoms with van der Waals surface area (Å²) >= 11 is 1.75. The number of hydrogen-bond donors (Lipinski definition) is 0. The molecule has 0 bridgehead atoms. The van der Waals surface area contributed by atoms with Gasteiger partial charge in [-0.2, -0.15) is 4.58 Å². The first-order valence-electron chi connectivity index (χ1n) is 9.40. The fourth-order valence-corrected chi connectivity index (χ4v) is 5.03. The standard InChI is InChI=1S/C24H21N2OS/c1-24(16-22-25-13-14-27-22)21(12-10-18-7-5-15-28-18)26(2)20-11-9-17-6-3-4-8-19(17)23(20)24/h3-15H,16H2,1-2H3/q+1. The Morgan fingerprint density at radius 2 is 2.00 bits per heavy atom. The van der Waals surface area contributed by atoms with Gasteiger partial charge in [-0.3, -0.25) is 0 Å². The van der Waals surface area contributed by atoms with Crippen LogP contribution in [0.4, 0.5) is 5.69 Å². The molecule has 4 heteroatoms. The van der Waals surface area contributed by atoms with E-state index in [-0.39, 0.29) is 5.41 Å². The minimum absolute atomic E-state index is 0.233. The Morgan fingerprint density at radius 3 is 2.79 bits per heavy atom. The highest BCUT2D eigenvalue weighted by atomic mass is 32.1. The summed E-state index contributed by atoms with van der Waals surface area (Å²) in [6, 6.07) is 17.3. The van der Waals surface area contributed by atoms with Crippen molar-refractivity contribution in [2.24, 2.45) is 0 Å². The summed E-state index contributed by atoms with van der Waals surface area (Å²) < 4.78 is 7.97. The predicted octanol–water partition coefficient (Wildman–Crippen LogP) is 5.83. The van der Waals surface area contributed by atoms with Crippen LogP contribution in [-0.2, 0) is 11.8 Å². The summed E-state index contributed by atoms with van der Waals surface area (Å²) in [7, 11) is 2.16. The Kier molecular flexibility index (Phi) is 4.02. The molecule has 0 N–H and O–H groups in total. The molecule has 28 heavy (non-hydrogen) atoms. The number of benzene rings is 2. The van der Waals surface area contributed by atoms with Gasteiger partial charge in [-0.05, 0) is 41.3 Å². The van der Waals surface area contributed by atoms with Crippen molar-refractivity contribution in [1.29, 1.82) is 0 Å². The van der Waals surface area contributed by atoms with Crippen LogP contribution < -0.4 is 0 Å². The van der Waals surface area contributed by atoms with Crippen molar-refractivity contribution in [3.8, 4) is 0 Å². The molecule has 2 aromatic carbocycles. The lowest BCUT2D eigenvalue weighted by molar-refractivity contribution is -0.401. The molecule has 0 spiro atoms. The zero-order chi connectivity index (χ0) is 19.1. The lowest BCUT2D eigenvalue weighted by atomic mass is 9.74. The Morgan fingerprint density at radius 1 is 1.11 bits per heavy atom. The Hall–Kier alpha value is -2.98. The van der Waals surface area contributed by atoms with Gasteiger partial charge in [0, 0.05) is 29.0 Å². The number of fused-ring (bicyclic) bond motifs is 3. The van der Waals surface area contributed by atoms with Crippen molar-refractivity contribution in [2.45, 2.75) is 18.8 Å². The third-order valence-corrected chi connectivity index (χ3v) is 6.52. The molecule has 138 valence electrons. The van der Waals surface area contributed by atoms with Crippen molar-refractivity contribution < 1.29 is 8.99 Å². The zero-order valence-corrected chi connectivity index (χ0v) is 16.7. The van der Waals surface area contributed by atoms with Crippen molar-refractivity contribution in [2.75, 3.05) is 7.05 Å². The molecule has 1 unspecified atom stereocenters. The fraction of sp³-hybridized carbons (Fsp3) is 0.167. The van der Waals surface area contributed by atoms with Gasteiger partial charge in [0.15, 0.2) is 11.6 Å². The van der Waals surface area contributed by atoms with Crippen LogP contribution in [0, 0.1) is 0 Å². The van der Waals surface area contributed by atoms with Crippen LogP contribution in [0.3, 0.4) is 0 Å². The molecule has 1 aliphatic heterocycles. The van der Waals surface area contributed by atoms with Gasteiger partial charge in [0.1, 0.15) is 13.3 Å². The van der Waals surface area contributed by atoms with E-state index < -0.39 is 0 Å². The summed E-state index contributed by atoms with van der Waals surface area (Å²) in [6.07, 6.45) is 8.56. The van der Waals surface area contributed by atoms with Gasteiger partial charge in [-0.1, -0.05) is 30.3 Å². The number of thiophene rings is 1. The maximum atomic E-state index is 5.66. The minimum Gasteiger partial charge on any atom is -0.449 e. The van der Waals surface area contributed by atoms with Crippen LogP contribution in [0.15, 0.2) is 76.9 Å². The van der Waals surface area contributed by atoms with Crippen LogP contribution in [0.25, 0.3) is 16.8 Å². The predicted molar refractivity (Wildman–Crippen MR) is 116 cm³/mol. The topological polar surface area (TPSA) is 29.0 Å². The average Bonchev–Trinajstić information content (AvgIpc) is 3.44. The Bertz CT molecular complexity index is 1200. The van der Waals surface area contributed by atoms with Crippen molar-refractivity contribution in [1.82, 2.24) is 4.98 Å². The summed E-state index contributed by atoms with van der Waals surface area (Å²) in [5.74, 6) is 0.763. The van der Waals surface area contributed by atoms with E-state index in [1.54, 1.807) is 23.8 Å². The van der Waals surface area contributed by atoms with Crippen molar-refractivity contribution in [3.05, 3.63) is 88.8 Å². The molecule has 2 aromatic heterocycles. The molecule has 1 atom stereocenters. The second kappa shape index (κ2) is 6.57. The molecule has 0 amide bonds. The van der Waals surface area contributed by atoms with Gasteiger partial charge in [0.05, 0.1) is 11.6 Å². The minimum atomic E-state index is -0.233. The van der Waals surface area contributed by atoms with E-state index in [2.05, 4.69) is 89.6 Å². The smallest absolute Gasteiger partial charge is 0.210 e. The van der Waals surface area contributed by atoms with Gasteiger partial charge in [-0.25, -0.2) is 4.98 Å². The molecule has 0 radical (unpaired) electrons. The molecule has 1 aliphatic rings. The number of nitrogens with zero attached hydrogens (tertiary/aromatic N) is 2. The monoisotopic (exact) mass is 385 g/mol. The third kappa shape index (κ3) is 2.64. The number of allylic oxidation sites excluding steroid dienone is 1. The molecule has 0 fully saturated rings. The first kappa shape index (κ1) is 17.1. The number of oxazole rings is 1. The SMILES string of the molecule is C[N+]1=C(C=Cc2cccs2)C(C)(Cc2ncco2)c2c1ccc1ccccc21. The van der Waals surface area contributed by atoms with Gasteiger partial charge >= 0.3 is 0 Å². The third-order valence-electron chi connectivity index (χ3n) is 5.68. The average molecular weight is 386 g/mol. The van der Waals surface area contributed by atoms with Crippen LogP contribution in [0.2, 0.25) is 0 Å². The van der Waals surface area contributed by atoms with Crippen LogP contribution in [-0.4, -0.2) is 22.3 Å². The summed E-state index contributed by atoms with van der Waals surface area (Å²) in [6.45, 7) is 2.31. The molecular weight excluding hydrogens is 364 g/mol. The molecule has 5 rings (SSSR count). The van der Waals surface area contributed by atoms with E-state index in [1.807, 2.05) is 0 Å². The van der Waals surface area contributed by atoms with Crippen LogP contribution in [0.5, 0.6) is 0 Å². The molecule has 3 heterocycles. The quantitative estimate of drug-likeness (QED) is 0.414. The highest BCUT2D eigenvalue weighted by Gasteiger charge is 2.48. The van der Waals surface area contributed by atoms with Gasteiger partial charge in [0.2, 0.25) is 5.69 Å². The highest BCUT2D eigenvalue weighted by molar-refractivity contribution is 7.10. The fourth-order valence-electron chi connectivity index (χ4n) is 4.41. The zero-order valence-electron chi connectivity index (χ0n) is 15.9. The highest BCUT2D eigenvalue weighted by Crippen LogP contribution is 2.45. The van der Waals surface area contributed by atoms with E-state index >= 15 is 0 Å². The van der Waals surface area contributed by atoms with Crippen LogP contribution in [0.1, 0.15) is 23.3 Å². The lowest BCUT2D eigenvalue weighted by Crippen LogP contribution is -2.33. The molecule has 4 aromatic rings. The molecule has 3 nitrogen and oxygen atoms in total. The maximum absolute atomic E-state index is 5.66. The second-order valence-corrected chi connectivity index (χ2v) is 8.39. The van der Waals surface area contributed by atoms with Gasteiger partial charge < -0.3 is 4.42 Å². The second-order valence-electron chi connectivity index (χ2n) is 7.41. The normalized spacial score (nSPS) is 19.1. The van der Waals surface area contributed by atoms with E-state index in [1.165, 1.54) is 32.6 Å². The summed E-state index contributed by atoms with van der Waals surface area (Å²) in [5, 5.41) is 4.66. The Labute approximate surface area is 168 Å². The van der Waals surface area contributed by atoms with Gasteiger partial charge in [0.25, 0.3) is 0 Å². The van der Waals surface area contributed by atoms with E-state index in [4.69, 9.17) is 4.42 Å². The first-order chi connectivity index (χ1) is 13.7. The van der Waals surface area contributed by atoms with Crippen LogP contribution >= 0.6 is 11.3 Å². The molecule has 0 saturated heterocycles.